The Morgan fingerprint density at radius 2 is 2.04 bits per heavy atom. The number of nitrogens with one attached hydrogen (secondary N) is 2. The van der Waals surface area contributed by atoms with Crippen molar-refractivity contribution in [3.63, 3.8) is 0 Å². The summed E-state index contributed by atoms with van der Waals surface area (Å²) in [6.07, 6.45) is 2.38. The smallest absolute Gasteiger partial charge is 0.336 e. The van der Waals surface area contributed by atoms with Gasteiger partial charge in [-0.1, -0.05) is 13.8 Å². The van der Waals surface area contributed by atoms with Gasteiger partial charge in [-0.15, -0.1) is 24.8 Å². The molecule has 2 unspecified atom stereocenters. The Bertz CT molecular complexity index is 485. The first-order valence-corrected chi connectivity index (χ1v) is 7.14. The predicted octanol–water partition coefficient (Wildman–Crippen LogP) is 0.188. The molecule has 0 aliphatic heterocycles. The number of halogens is 2. The van der Waals surface area contributed by atoms with Crippen molar-refractivity contribution < 1.29 is 19.4 Å². The second-order valence-electron chi connectivity index (χ2n) is 5.60. The normalized spacial score (nSPS) is 13.9. The van der Waals surface area contributed by atoms with E-state index < -0.39 is 30.1 Å². The number of rotatable bonds is 8. The van der Waals surface area contributed by atoms with Gasteiger partial charge in [-0.3, -0.25) is 4.79 Å². The number of amides is 1. The second kappa shape index (κ2) is 12.1. The average molecular weight is 385 g/mol. The molecule has 3 atom stereocenters. The van der Waals surface area contributed by atoms with Gasteiger partial charge in [-0.2, -0.15) is 0 Å². The third-order valence-electron chi connectivity index (χ3n) is 3.21. The van der Waals surface area contributed by atoms with Crippen LogP contribution < -0.4 is 11.1 Å². The van der Waals surface area contributed by atoms with E-state index in [4.69, 9.17) is 5.73 Å². The number of methoxy groups -OCH3 is 1. The van der Waals surface area contributed by atoms with E-state index in [2.05, 4.69) is 20.0 Å². The summed E-state index contributed by atoms with van der Waals surface area (Å²) in [4.78, 5) is 30.3. The minimum atomic E-state index is -1.42. The Morgan fingerprint density at radius 3 is 2.50 bits per heavy atom. The van der Waals surface area contributed by atoms with Gasteiger partial charge in [0, 0.05) is 18.3 Å². The third kappa shape index (κ3) is 7.96. The lowest BCUT2D eigenvalue weighted by atomic mass is 9.98. The lowest BCUT2D eigenvalue weighted by Gasteiger charge is -2.25. The summed E-state index contributed by atoms with van der Waals surface area (Å²) in [6.45, 7) is 3.85. The molecule has 0 aliphatic carbocycles. The number of imidazole rings is 1. The van der Waals surface area contributed by atoms with Gasteiger partial charge < -0.3 is 25.9 Å². The van der Waals surface area contributed by atoms with Gasteiger partial charge in [0.25, 0.3) is 0 Å². The highest BCUT2D eigenvalue weighted by Gasteiger charge is 2.30. The zero-order chi connectivity index (χ0) is 16.7. The first-order chi connectivity index (χ1) is 10.3. The molecule has 0 radical (unpaired) electrons. The number of nitrogens with two attached hydrogens (primary N) is 1. The number of aliphatic hydroxyl groups excluding tert-OH is 1. The van der Waals surface area contributed by atoms with Crippen LogP contribution in [-0.4, -0.2) is 52.2 Å². The number of aromatic nitrogens is 2. The standard InChI is InChI=1S/C14H24N4O4.2ClH/c1-8(2)4-11(12(19)14(21)22-3)18-13(20)10(15)5-9-6-16-7-17-9;;/h6-8,10-12,19H,4-5,15H2,1-3H3,(H,16,17)(H,18,20);2*1H/t10-,11?,12?;;/m0../s1. The highest BCUT2D eigenvalue weighted by atomic mass is 35.5. The molecule has 1 amide bonds. The Labute approximate surface area is 153 Å². The Kier molecular flexibility index (Phi) is 12.5. The molecule has 1 aromatic rings. The summed E-state index contributed by atoms with van der Waals surface area (Å²) >= 11 is 0. The van der Waals surface area contributed by atoms with Crippen molar-refractivity contribution in [3.05, 3.63) is 18.2 Å². The van der Waals surface area contributed by atoms with Crippen molar-refractivity contribution in [3.8, 4) is 0 Å². The van der Waals surface area contributed by atoms with E-state index in [1.807, 2.05) is 13.8 Å². The van der Waals surface area contributed by atoms with Crippen LogP contribution in [0, 0.1) is 5.92 Å². The van der Waals surface area contributed by atoms with Gasteiger partial charge >= 0.3 is 5.97 Å². The topological polar surface area (TPSA) is 130 Å². The molecule has 0 bridgehead atoms. The molecule has 24 heavy (non-hydrogen) atoms. The van der Waals surface area contributed by atoms with Crippen LogP contribution in [0.5, 0.6) is 0 Å². The van der Waals surface area contributed by atoms with Crippen molar-refractivity contribution in [2.45, 2.75) is 44.9 Å². The van der Waals surface area contributed by atoms with Gasteiger partial charge in [0.05, 0.1) is 25.5 Å². The summed E-state index contributed by atoms with van der Waals surface area (Å²) < 4.78 is 4.52. The predicted molar refractivity (Wildman–Crippen MR) is 94.2 cm³/mol. The molecular weight excluding hydrogens is 359 g/mol. The number of carbonyl (C=O) groups is 2. The van der Waals surface area contributed by atoms with Crippen LogP contribution >= 0.6 is 24.8 Å². The Morgan fingerprint density at radius 1 is 1.42 bits per heavy atom. The van der Waals surface area contributed by atoms with Crippen molar-refractivity contribution in [1.82, 2.24) is 15.3 Å². The highest BCUT2D eigenvalue weighted by Crippen LogP contribution is 2.10. The Hall–Kier alpha value is -1.35. The van der Waals surface area contributed by atoms with Crippen molar-refractivity contribution in [2.24, 2.45) is 11.7 Å². The fourth-order valence-electron chi connectivity index (χ4n) is 2.08. The largest absolute Gasteiger partial charge is 0.467 e. The molecule has 0 spiro atoms. The summed E-state index contributed by atoms with van der Waals surface area (Å²) in [5.41, 5.74) is 6.57. The van der Waals surface area contributed by atoms with Gasteiger partial charge in [0.15, 0.2) is 6.10 Å². The maximum Gasteiger partial charge on any atom is 0.336 e. The van der Waals surface area contributed by atoms with Gasteiger partial charge in [-0.05, 0) is 12.3 Å². The molecule has 8 nitrogen and oxygen atoms in total. The maximum absolute atomic E-state index is 12.1. The highest BCUT2D eigenvalue weighted by molar-refractivity contribution is 5.85. The van der Waals surface area contributed by atoms with E-state index in [1.54, 1.807) is 6.20 Å². The van der Waals surface area contributed by atoms with Crippen LogP contribution in [0.3, 0.4) is 0 Å². The average Bonchev–Trinajstić information content (AvgIpc) is 2.97. The number of H-pyrrole nitrogens is 1. The van der Waals surface area contributed by atoms with Crippen molar-refractivity contribution >= 4 is 36.7 Å². The number of hydrogen-bond donors (Lipinski definition) is 4. The number of carbonyl (C=O) groups excluding carboxylic acids is 2. The summed E-state index contributed by atoms with van der Waals surface area (Å²) in [7, 11) is 1.18. The summed E-state index contributed by atoms with van der Waals surface area (Å²) in [5.74, 6) is -1.05. The lowest BCUT2D eigenvalue weighted by Crippen LogP contribution is -2.53. The minimum Gasteiger partial charge on any atom is -0.467 e. The molecule has 10 heteroatoms. The van der Waals surface area contributed by atoms with Crippen LogP contribution in [0.4, 0.5) is 0 Å². The van der Waals surface area contributed by atoms with E-state index in [-0.39, 0.29) is 37.2 Å². The molecule has 5 N–H and O–H groups in total. The van der Waals surface area contributed by atoms with Gasteiger partial charge in [-0.25, -0.2) is 9.78 Å². The number of hydrogen-bond acceptors (Lipinski definition) is 6. The van der Waals surface area contributed by atoms with E-state index in [1.165, 1.54) is 13.4 Å². The van der Waals surface area contributed by atoms with Crippen LogP contribution in [0.15, 0.2) is 12.5 Å². The zero-order valence-corrected chi connectivity index (χ0v) is 15.5. The molecular formula is C14H26Cl2N4O4. The monoisotopic (exact) mass is 384 g/mol. The van der Waals surface area contributed by atoms with Crippen molar-refractivity contribution in [1.29, 1.82) is 0 Å². The fourth-order valence-corrected chi connectivity index (χ4v) is 2.08. The van der Waals surface area contributed by atoms with E-state index in [9.17, 15) is 14.7 Å². The number of nitrogens with zero attached hydrogens (tertiary/aromatic N) is 1. The first-order valence-electron chi connectivity index (χ1n) is 7.14. The van der Waals surface area contributed by atoms with E-state index >= 15 is 0 Å². The second-order valence-corrected chi connectivity index (χ2v) is 5.60. The van der Waals surface area contributed by atoms with Crippen LogP contribution in [-0.2, 0) is 20.7 Å². The quantitative estimate of drug-likeness (QED) is 0.473. The molecule has 140 valence electrons. The van der Waals surface area contributed by atoms with Crippen molar-refractivity contribution in [2.75, 3.05) is 7.11 Å². The van der Waals surface area contributed by atoms with Gasteiger partial charge in [0.2, 0.25) is 5.91 Å². The van der Waals surface area contributed by atoms with Crippen LogP contribution in [0.2, 0.25) is 0 Å². The fraction of sp³-hybridized carbons (Fsp3) is 0.643. The molecule has 1 aromatic heterocycles. The SMILES string of the molecule is COC(=O)C(O)C(CC(C)C)NC(=O)[C@@H](N)Cc1cnc[nH]1.Cl.Cl. The zero-order valence-electron chi connectivity index (χ0n) is 13.9. The molecule has 1 rings (SSSR count). The third-order valence-corrected chi connectivity index (χ3v) is 3.21. The molecule has 0 fully saturated rings. The van der Waals surface area contributed by atoms with Gasteiger partial charge in [0.1, 0.15) is 0 Å². The molecule has 0 saturated heterocycles. The minimum absolute atomic E-state index is 0. The maximum atomic E-state index is 12.1. The first kappa shape index (κ1) is 24.9. The van der Waals surface area contributed by atoms with E-state index in [0.29, 0.717) is 6.42 Å². The number of ether oxygens (including phenoxy) is 1. The summed E-state index contributed by atoms with van der Waals surface area (Å²) in [5, 5.41) is 12.6. The lowest BCUT2D eigenvalue weighted by molar-refractivity contribution is -0.152. The number of aliphatic hydroxyl groups is 1. The van der Waals surface area contributed by atoms with Crippen LogP contribution in [0.25, 0.3) is 0 Å². The molecule has 0 aliphatic rings. The molecule has 0 aromatic carbocycles. The van der Waals surface area contributed by atoms with E-state index in [0.717, 1.165) is 5.69 Å². The number of aromatic amines is 1. The molecule has 0 saturated carbocycles. The number of esters is 1. The van der Waals surface area contributed by atoms with Crippen LogP contribution in [0.1, 0.15) is 26.0 Å². The Balaban J connectivity index is 0. The molecule has 1 heterocycles. The summed E-state index contributed by atoms with van der Waals surface area (Å²) in [6, 6.07) is -1.55.